The molecule has 27 heavy (non-hydrogen) atoms. The third-order valence-electron chi connectivity index (χ3n) is 4.41. The summed E-state index contributed by atoms with van der Waals surface area (Å²) in [6.07, 6.45) is 0.335. The van der Waals surface area contributed by atoms with Gasteiger partial charge in [-0.1, -0.05) is 6.07 Å². The number of nitrogens with zero attached hydrogens (tertiary/aromatic N) is 1. The normalized spacial score (nSPS) is 15.0. The molecule has 6 heteroatoms. The number of hydrogen-bond donors (Lipinski definition) is 1. The van der Waals surface area contributed by atoms with Gasteiger partial charge in [0.2, 0.25) is 17.7 Å². The van der Waals surface area contributed by atoms with E-state index in [9.17, 15) is 14.4 Å². The number of benzene rings is 2. The molecule has 1 aliphatic heterocycles. The number of amides is 3. The van der Waals surface area contributed by atoms with Crippen molar-refractivity contribution in [1.29, 1.82) is 0 Å². The number of ether oxygens (including phenoxy) is 1. The molecule has 6 nitrogen and oxygen atoms in total. The zero-order valence-electron chi connectivity index (χ0n) is 15.6. The predicted octanol–water partition coefficient (Wildman–Crippen LogP) is 3.57. The van der Waals surface area contributed by atoms with Gasteiger partial charge >= 0.3 is 0 Å². The highest BCUT2D eigenvalue weighted by molar-refractivity contribution is 6.07. The third kappa shape index (κ3) is 4.34. The molecular weight excluding hydrogens is 344 g/mol. The highest BCUT2D eigenvalue weighted by atomic mass is 16.5. The van der Waals surface area contributed by atoms with Crippen molar-refractivity contribution in [2.45, 2.75) is 39.7 Å². The first kappa shape index (κ1) is 18.6. The molecule has 1 atom stereocenters. The summed E-state index contributed by atoms with van der Waals surface area (Å²) in [4.78, 5) is 36.9. The standard InChI is InChI=1S/C21H22N2O4/c1-13-10-14(2)12-18(11-13)27-17-6-4-16(5-7-17)22-21(26)15(3)23-19(24)8-9-20(23)25/h4-7,10-12,15H,8-9H2,1-3H3,(H,22,26)/t15-/m1/s1. The monoisotopic (exact) mass is 366 g/mol. The van der Waals surface area contributed by atoms with Crippen molar-refractivity contribution in [3.63, 3.8) is 0 Å². The van der Waals surface area contributed by atoms with Crippen LogP contribution in [0.15, 0.2) is 42.5 Å². The SMILES string of the molecule is Cc1cc(C)cc(Oc2ccc(NC(=O)[C@@H](C)N3C(=O)CCC3=O)cc2)c1. The Balaban J connectivity index is 1.64. The maximum Gasteiger partial charge on any atom is 0.247 e. The number of aryl methyl sites for hydroxylation is 2. The summed E-state index contributed by atoms with van der Waals surface area (Å²) in [5, 5.41) is 2.73. The van der Waals surface area contributed by atoms with Crippen molar-refractivity contribution in [3.05, 3.63) is 53.6 Å². The molecule has 0 bridgehead atoms. The number of likely N-dealkylation sites (tertiary alicyclic amines) is 1. The summed E-state index contributed by atoms with van der Waals surface area (Å²) in [6.45, 7) is 5.57. The van der Waals surface area contributed by atoms with Gasteiger partial charge in [0.25, 0.3) is 0 Å². The zero-order chi connectivity index (χ0) is 19.6. The summed E-state index contributed by atoms with van der Waals surface area (Å²) in [5.74, 6) is 0.390. The largest absolute Gasteiger partial charge is 0.457 e. The molecule has 0 unspecified atom stereocenters. The van der Waals surface area contributed by atoms with Crippen LogP contribution in [0, 0.1) is 13.8 Å². The van der Waals surface area contributed by atoms with Crippen molar-refractivity contribution < 1.29 is 19.1 Å². The van der Waals surface area contributed by atoms with E-state index < -0.39 is 11.9 Å². The molecule has 0 aromatic heterocycles. The molecule has 1 fully saturated rings. The molecule has 3 rings (SSSR count). The van der Waals surface area contributed by atoms with Gasteiger partial charge in [0, 0.05) is 18.5 Å². The lowest BCUT2D eigenvalue weighted by atomic mass is 10.1. The van der Waals surface area contributed by atoms with E-state index in [4.69, 9.17) is 4.74 Å². The summed E-state index contributed by atoms with van der Waals surface area (Å²) in [5.41, 5.74) is 2.81. The van der Waals surface area contributed by atoms with E-state index in [1.807, 2.05) is 26.0 Å². The molecule has 0 aliphatic carbocycles. The Morgan fingerprint density at radius 3 is 2.07 bits per heavy atom. The Morgan fingerprint density at radius 1 is 0.963 bits per heavy atom. The van der Waals surface area contributed by atoms with E-state index in [0.717, 1.165) is 21.8 Å². The first-order valence-corrected chi connectivity index (χ1v) is 8.85. The molecule has 3 amide bonds. The van der Waals surface area contributed by atoms with Gasteiger partial charge in [0.15, 0.2) is 0 Å². The van der Waals surface area contributed by atoms with Gasteiger partial charge in [-0.3, -0.25) is 19.3 Å². The molecule has 2 aromatic carbocycles. The second-order valence-corrected chi connectivity index (χ2v) is 6.77. The van der Waals surface area contributed by atoms with Gasteiger partial charge in [-0.15, -0.1) is 0 Å². The van der Waals surface area contributed by atoms with Crippen LogP contribution in [0.5, 0.6) is 11.5 Å². The lowest BCUT2D eigenvalue weighted by molar-refractivity contribution is -0.144. The van der Waals surface area contributed by atoms with Gasteiger partial charge in [0.05, 0.1) is 0 Å². The third-order valence-corrected chi connectivity index (χ3v) is 4.41. The lowest BCUT2D eigenvalue weighted by Gasteiger charge is -2.21. The molecule has 0 saturated carbocycles. The average molecular weight is 366 g/mol. The summed E-state index contributed by atoms with van der Waals surface area (Å²) < 4.78 is 5.85. The van der Waals surface area contributed by atoms with Crippen molar-refractivity contribution in [3.8, 4) is 11.5 Å². The van der Waals surface area contributed by atoms with E-state index in [0.29, 0.717) is 11.4 Å². The molecular formula is C21H22N2O4. The van der Waals surface area contributed by atoms with E-state index in [-0.39, 0.29) is 24.7 Å². The fraction of sp³-hybridized carbons (Fsp3) is 0.286. The average Bonchev–Trinajstić information content (AvgIpc) is 2.93. The highest BCUT2D eigenvalue weighted by Crippen LogP contribution is 2.25. The highest BCUT2D eigenvalue weighted by Gasteiger charge is 2.36. The number of imide groups is 1. The van der Waals surface area contributed by atoms with Crippen LogP contribution in [0.2, 0.25) is 0 Å². The number of carbonyl (C=O) groups is 3. The Morgan fingerprint density at radius 2 is 1.52 bits per heavy atom. The van der Waals surface area contributed by atoms with Crippen molar-refractivity contribution in [2.75, 3.05) is 5.32 Å². The van der Waals surface area contributed by atoms with Crippen LogP contribution in [0.1, 0.15) is 30.9 Å². The number of nitrogens with one attached hydrogen (secondary N) is 1. The van der Waals surface area contributed by atoms with Gasteiger partial charge in [-0.25, -0.2) is 0 Å². The first-order chi connectivity index (χ1) is 12.8. The van der Waals surface area contributed by atoms with Gasteiger partial charge in [-0.05, 0) is 68.3 Å². The van der Waals surface area contributed by atoms with Crippen LogP contribution in [-0.4, -0.2) is 28.7 Å². The van der Waals surface area contributed by atoms with Crippen molar-refractivity contribution in [1.82, 2.24) is 4.90 Å². The topological polar surface area (TPSA) is 75.7 Å². The second-order valence-electron chi connectivity index (χ2n) is 6.77. The van der Waals surface area contributed by atoms with Crippen LogP contribution in [0.25, 0.3) is 0 Å². The number of rotatable bonds is 5. The van der Waals surface area contributed by atoms with Crippen LogP contribution in [0.4, 0.5) is 5.69 Å². The molecule has 1 N–H and O–H groups in total. The first-order valence-electron chi connectivity index (χ1n) is 8.85. The summed E-state index contributed by atoms with van der Waals surface area (Å²) >= 11 is 0. The Labute approximate surface area is 158 Å². The van der Waals surface area contributed by atoms with Gasteiger partial charge in [-0.2, -0.15) is 0 Å². The van der Waals surface area contributed by atoms with Crippen LogP contribution in [-0.2, 0) is 14.4 Å². The van der Waals surface area contributed by atoms with E-state index in [1.165, 1.54) is 0 Å². The van der Waals surface area contributed by atoms with Crippen LogP contribution >= 0.6 is 0 Å². The number of hydrogen-bond acceptors (Lipinski definition) is 4. The van der Waals surface area contributed by atoms with Crippen LogP contribution < -0.4 is 10.1 Å². The summed E-state index contributed by atoms with van der Waals surface area (Å²) in [6, 6.07) is 12.1. The minimum Gasteiger partial charge on any atom is -0.457 e. The molecule has 140 valence electrons. The van der Waals surface area contributed by atoms with Gasteiger partial charge < -0.3 is 10.1 Å². The van der Waals surface area contributed by atoms with E-state index in [1.54, 1.807) is 31.2 Å². The smallest absolute Gasteiger partial charge is 0.247 e. The van der Waals surface area contributed by atoms with E-state index >= 15 is 0 Å². The zero-order valence-corrected chi connectivity index (χ0v) is 15.6. The predicted molar refractivity (Wildman–Crippen MR) is 102 cm³/mol. The Hall–Kier alpha value is -3.15. The molecule has 0 spiro atoms. The number of carbonyl (C=O) groups excluding carboxylic acids is 3. The fourth-order valence-corrected chi connectivity index (χ4v) is 3.12. The maximum absolute atomic E-state index is 12.4. The second kappa shape index (κ2) is 7.61. The van der Waals surface area contributed by atoms with Crippen molar-refractivity contribution >= 4 is 23.4 Å². The Bertz CT molecular complexity index is 853. The van der Waals surface area contributed by atoms with E-state index in [2.05, 4.69) is 11.4 Å². The maximum atomic E-state index is 12.4. The lowest BCUT2D eigenvalue weighted by Crippen LogP contribution is -2.44. The van der Waals surface area contributed by atoms with Crippen molar-refractivity contribution in [2.24, 2.45) is 0 Å². The molecule has 1 aliphatic rings. The van der Waals surface area contributed by atoms with Gasteiger partial charge in [0.1, 0.15) is 17.5 Å². The minimum atomic E-state index is -0.835. The number of anilines is 1. The van der Waals surface area contributed by atoms with Crippen LogP contribution in [0.3, 0.4) is 0 Å². The Kier molecular flexibility index (Phi) is 5.26. The minimum absolute atomic E-state index is 0.168. The quantitative estimate of drug-likeness (QED) is 0.821. The molecule has 1 heterocycles. The molecule has 2 aromatic rings. The molecule has 1 saturated heterocycles. The summed E-state index contributed by atoms with van der Waals surface area (Å²) in [7, 11) is 0. The molecule has 0 radical (unpaired) electrons. The fourth-order valence-electron chi connectivity index (χ4n) is 3.12.